The van der Waals surface area contributed by atoms with Crippen LogP contribution in [-0.4, -0.2) is 30.8 Å². The zero-order valence-electron chi connectivity index (χ0n) is 14.7. The molecule has 1 aliphatic carbocycles. The van der Waals surface area contributed by atoms with Crippen molar-refractivity contribution in [1.29, 1.82) is 0 Å². The van der Waals surface area contributed by atoms with E-state index in [1.165, 1.54) is 12.1 Å². The van der Waals surface area contributed by atoms with Gasteiger partial charge in [0.15, 0.2) is 9.84 Å². The molecule has 28 heavy (non-hydrogen) atoms. The van der Waals surface area contributed by atoms with Crippen molar-refractivity contribution in [2.24, 2.45) is 0 Å². The largest absolute Gasteiger partial charge is 0.393 e. The summed E-state index contributed by atoms with van der Waals surface area (Å²) < 4.78 is 52.4. The Balaban J connectivity index is 1.87. The normalized spacial score (nSPS) is 20.0. The predicted molar refractivity (Wildman–Crippen MR) is 101 cm³/mol. The van der Waals surface area contributed by atoms with Gasteiger partial charge in [-0.2, -0.15) is 0 Å². The molecule has 1 aliphatic rings. The number of halogens is 3. The van der Waals surface area contributed by atoms with Crippen LogP contribution in [0.4, 0.5) is 14.5 Å². The van der Waals surface area contributed by atoms with Crippen molar-refractivity contribution in [3.05, 3.63) is 58.6 Å². The van der Waals surface area contributed by atoms with Crippen LogP contribution in [0.5, 0.6) is 0 Å². The minimum atomic E-state index is -3.80. The van der Waals surface area contributed by atoms with Crippen LogP contribution < -0.4 is 5.32 Å². The molecule has 0 heterocycles. The van der Waals surface area contributed by atoms with E-state index >= 15 is 0 Å². The van der Waals surface area contributed by atoms with E-state index in [1.54, 1.807) is 0 Å². The Morgan fingerprint density at radius 3 is 2.25 bits per heavy atom. The van der Waals surface area contributed by atoms with Crippen molar-refractivity contribution in [3.8, 4) is 0 Å². The molecule has 9 heteroatoms. The molecule has 0 radical (unpaired) electrons. The molecule has 0 spiro atoms. The van der Waals surface area contributed by atoms with E-state index in [9.17, 15) is 27.1 Å². The van der Waals surface area contributed by atoms with E-state index in [0.717, 1.165) is 18.2 Å². The van der Waals surface area contributed by atoms with E-state index in [4.69, 9.17) is 11.6 Å². The Morgan fingerprint density at radius 2 is 1.64 bits per heavy atom. The number of rotatable bonds is 4. The lowest BCUT2D eigenvalue weighted by Gasteiger charge is -2.25. The van der Waals surface area contributed by atoms with Crippen molar-refractivity contribution in [2.75, 3.05) is 5.32 Å². The lowest BCUT2D eigenvalue weighted by Crippen LogP contribution is -2.29. The highest BCUT2D eigenvalue weighted by Crippen LogP contribution is 2.33. The first-order valence-electron chi connectivity index (χ1n) is 8.66. The van der Waals surface area contributed by atoms with E-state index < -0.39 is 38.7 Å². The highest BCUT2D eigenvalue weighted by Gasteiger charge is 2.33. The number of benzene rings is 2. The van der Waals surface area contributed by atoms with Gasteiger partial charge in [-0.1, -0.05) is 11.6 Å². The highest BCUT2D eigenvalue weighted by atomic mass is 35.5. The smallest absolute Gasteiger partial charge is 0.255 e. The topological polar surface area (TPSA) is 83.5 Å². The van der Waals surface area contributed by atoms with Crippen LogP contribution in [0.3, 0.4) is 0 Å². The number of anilines is 1. The third-order valence-electron chi connectivity index (χ3n) is 4.70. The van der Waals surface area contributed by atoms with Crippen molar-refractivity contribution < 1.29 is 27.1 Å². The molecule has 2 N–H and O–H groups in total. The molecule has 0 saturated heterocycles. The van der Waals surface area contributed by atoms with Gasteiger partial charge in [-0.05, 0) is 56.0 Å². The molecule has 0 aliphatic heterocycles. The summed E-state index contributed by atoms with van der Waals surface area (Å²) in [6.07, 6.45) is 0.864. The second-order valence-corrected chi connectivity index (χ2v) is 9.34. The van der Waals surface area contributed by atoms with Crippen LogP contribution >= 0.6 is 11.6 Å². The second-order valence-electron chi connectivity index (χ2n) is 6.73. The van der Waals surface area contributed by atoms with Crippen LogP contribution in [-0.2, 0) is 9.84 Å². The molecule has 2 aromatic carbocycles. The molecule has 0 unspecified atom stereocenters. The van der Waals surface area contributed by atoms with Gasteiger partial charge in [0, 0.05) is 17.3 Å². The van der Waals surface area contributed by atoms with Crippen LogP contribution in [0, 0.1) is 11.6 Å². The van der Waals surface area contributed by atoms with E-state index in [1.807, 2.05) is 0 Å². The quantitative estimate of drug-likeness (QED) is 0.770. The van der Waals surface area contributed by atoms with Gasteiger partial charge in [-0.15, -0.1) is 0 Å². The molecular weight excluding hydrogens is 412 g/mol. The lowest BCUT2D eigenvalue weighted by molar-refractivity contribution is 0.102. The van der Waals surface area contributed by atoms with Crippen LogP contribution in [0.1, 0.15) is 36.0 Å². The van der Waals surface area contributed by atoms with Crippen molar-refractivity contribution in [3.63, 3.8) is 0 Å². The van der Waals surface area contributed by atoms with Gasteiger partial charge in [0.25, 0.3) is 5.91 Å². The standard InChI is InChI=1S/C19H18ClF2NO4S/c20-17-6-1-11(19(25)23-14-9-12(21)8-13(22)10-14)7-18(17)28(26,27)16-4-2-15(24)3-5-16/h1,6-10,15-16,24H,2-5H2,(H,23,25). The molecule has 2 aromatic rings. The maximum Gasteiger partial charge on any atom is 0.255 e. The number of hydrogen-bond donors (Lipinski definition) is 2. The van der Waals surface area contributed by atoms with Gasteiger partial charge in [0.1, 0.15) is 11.6 Å². The van der Waals surface area contributed by atoms with Gasteiger partial charge in [-0.3, -0.25) is 4.79 Å². The Morgan fingerprint density at radius 1 is 1.04 bits per heavy atom. The molecule has 1 fully saturated rings. The summed E-state index contributed by atoms with van der Waals surface area (Å²) in [6, 6.07) is 6.35. The third-order valence-corrected chi connectivity index (χ3v) is 7.44. The van der Waals surface area contributed by atoms with Crippen LogP contribution in [0.25, 0.3) is 0 Å². The Bertz CT molecular complexity index is 985. The summed E-state index contributed by atoms with van der Waals surface area (Å²) in [5, 5.41) is 11.2. The van der Waals surface area contributed by atoms with Gasteiger partial charge in [0.05, 0.1) is 21.3 Å². The summed E-state index contributed by atoms with van der Waals surface area (Å²) in [5.74, 6) is -2.43. The fourth-order valence-corrected chi connectivity index (χ4v) is 5.55. The first-order chi connectivity index (χ1) is 13.2. The minimum absolute atomic E-state index is 0.0107. The maximum absolute atomic E-state index is 13.3. The fourth-order valence-electron chi connectivity index (χ4n) is 3.23. The summed E-state index contributed by atoms with van der Waals surface area (Å²) in [7, 11) is -3.80. The zero-order chi connectivity index (χ0) is 20.5. The Kier molecular flexibility index (Phi) is 6.02. The van der Waals surface area contributed by atoms with Gasteiger partial charge in [-0.25, -0.2) is 17.2 Å². The first kappa shape index (κ1) is 20.7. The molecule has 1 saturated carbocycles. The second kappa shape index (κ2) is 8.14. The van der Waals surface area contributed by atoms with E-state index in [2.05, 4.69) is 5.32 Å². The Labute approximate surface area is 166 Å². The van der Waals surface area contributed by atoms with Gasteiger partial charge in [0.2, 0.25) is 0 Å². The zero-order valence-corrected chi connectivity index (χ0v) is 16.2. The molecule has 150 valence electrons. The fraction of sp³-hybridized carbons (Fsp3) is 0.316. The number of hydrogen-bond acceptors (Lipinski definition) is 4. The van der Waals surface area contributed by atoms with E-state index in [0.29, 0.717) is 31.7 Å². The minimum Gasteiger partial charge on any atom is -0.393 e. The van der Waals surface area contributed by atoms with E-state index in [-0.39, 0.29) is 21.2 Å². The third kappa shape index (κ3) is 4.51. The number of aliphatic hydroxyl groups is 1. The summed E-state index contributed by atoms with van der Waals surface area (Å²) in [4.78, 5) is 12.2. The molecule has 0 aromatic heterocycles. The SMILES string of the molecule is O=C(Nc1cc(F)cc(F)c1)c1ccc(Cl)c(S(=O)(=O)C2CCC(O)CC2)c1. The van der Waals surface area contributed by atoms with Crippen LogP contribution in [0.15, 0.2) is 41.3 Å². The predicted octanol–water partition coefficient (Wildman–Crippen LogP) is 3.95. The number of carbonyl (C=O) groups excluding carboxylic acids is 1. The monoisotopic (exact) mass is 429 g/mol. The van der Waals surface area contributed by atoms with Crippen molar-refractivity contribution >= 4 is 33.0 Å². The Hall–Kier alpha value is -2.03. The van der Waals surface area contributed by atoms with Crippen molar-refractivity contribution in [2.45, 2.75) is 41.9 Å². The van der Waals surface area contributed by atoms with Gasteiger partial charge < -0.3 is 10.4 Å². The average Bonchev–Trinajstić information content (AvgIpc) is 2.61. The molecular formula is C19H18ClF2NO4S. The molecule has 1 amide bonds. The number of sulfone groups is 1. The summed E-state index contributed by atoms with van der Waals surface area (Å²) in [6.45, 7) is 0. The van der Waals surface area contributed by atoms with Crippen molar-refractivity contribution in [1.82, 2.24) is 0 Å². The summed E-state index contributed by atoms with van der Waals surface area (Å²) >= 11 is 6.08. The molecule has 3 rings (SSSR count). The number of aliphatic hydroxyl groups excluding tert-OH is 1. The van der Waals surface area contributed by atoms with Gasteiger partial charge >= 0.3 is 0 Å². The highest BCUT2D eigenvalue weighted by molar-refractivity contribution is 7.92. The number of nitrogens with one attached hydrogen (secondary N) is 1. The molecule has 0 bridgehead atoms. The molecule has 0 atom stereocenters. The molecule has 5 nitrogen and oxygen atoms in total. The number of carbonyl (C=O) groups is 1. The maximum atomic E-state index is 13.3. The summed E-state index contributed by atoms with van der Waals surface area (Å²) in [5.41, 5.74) is -0.105. The average molecular weight is 430 g/mol. The lowest BCUT2D eigenvalue weighted by atomic mass is 9.97. The number of amides is 1. The van der Waals surface area contributed by atoms with Crippen LogP contribution in [0.2, 0.25) is 5.02 Å². The first-order valence-corrected chi connectivity index (χ1v) is 10.6.